The van der Waals surface area contributed by atoms with E-state index in [0.717, 1.165) is 0 Å². The third kappa shape index (κ3) is 1.60. The Balaban J connectivity index is 2.57. The van der Waals surface area contributed by atoms with Gasteiger partial charge in [0.1, 0.15) is 0 Å². The first-order valence-electron chi connectivity index (χ1n) is 4.62. The molecule has 0 saturated heterocycles. The Bertz CT molecular complexity index is 528. The van der Waals surface area contributed by atoms with Gasteiger partial charge in [-0.2, -0.15) is 5.10 Å². The fraction of sp³-hybridized carbons (Fsp3) is 0.100. The van der Waals surface area contributed by atoms with Crippen molar-refractivity contribution in [1.82, 2.24) is 9.78 Å². The predicted molar refractivity (Wildman–Crippen MR) is 59.7 cm³/mol. The van der Waals surface area contributed by atoms with Gasteiger partial charge in [-0.3, -0.25) is 14.8 Å². The fourth-order valence-corrected chi connectivity index (χ4v) is 1.57. The number of rotatable bonds is 2. The van der Waals surface area contributed by atoms with Crippen LogP contribution in [0.15, 0.2) is 30.5 Å². The minimum atomic E-state index is -0.434. The third-order valence-electron chi connectivity index (χ3n) is 2.30. The van der Waals surface area contributed by atoms with Crippen molar-refractivity contribution in [2.45, 2.75) is 0 Å². The molecular weight excluding hydrogens is 208 g/mol. The van der Waals surface area contributed by atoms with E-state index in [1.54, 1.807) is 23.9 Å². The van der Waals surface area contributed by atoms with Crippen LogP contribution in [0.25, 0.3) is 11.3 Å². The minimum absolute atomic E-state index is 0.0399. The molecule has 0 amide bonds. The maximum atomic E-state index is 10.6. The summed E-state index contributed by atoms with van der Waals surface area (Å²) in [6, 6.07) is 6.31. The van der Waals surface area contributed by atoms with Crippen LogP contribution in [0.3, 0.4) is 0 Å². The molecule has 2 aromatic rings. The number of benzene rings is 1. The Morgan fingerprint density at radius 2 is 2.25 bits per heavy atom. The van der Waals surface area contributed by atoms with E-state index in [9.17, 15) is 10.1 Å². The van der Waals surface area contributed by atoms with E-state index >= 15 is 0 Å². The molecule has 0 aliphatic carbocycles. The second kappa shape index (κ2) is 3.65. The number of nitrogens with zero attached hydrogens (tertiary/aromatic N) is 3. The molecular formula is C10H10N4O2. The zero-order valence-electron chi connectivity index (χ0n) is 8.62. The van der Waals surface area contributed by atoms with Crippen LogP contribution in [0.1, 0.15) is 0 Å². The molecule has 0 atom stereocenters. The standard InChI is InChI=1S/C10H10N4O2/c1-13-10(9(11)6-12-13)7-3-2-4-8(5-7)14(15)16/h2-6H,11H2,1H3. The average molecular weight is 218 g/mol. The number of nitrogen functional groups attached to an aromatic ring is 1. The summed E-state index contributed by atoms with van der Waals surface area (Å²) in [7, 11) is 1.74. The van der Waals surface area contributed by atoms with E-state index in [2.05, 4.69) is 5.10 Å². The van der Waals surface area contributed by atoms with Gasteiger partial charge in [0.15, 0.2) is 0 Å². The molecule has 0 spiro atoms. The molecule has 0 aliphatic heterocycles. The first-order chi connectivity index (χ1) is 7.59. The summed E-state index contributed by atoms with van der Waals surface area (Å²) in [5, 5.41) is 14.6. The van der Waals surface area contributed by atoms with Crippen molar-refractivity contribution >= 4 is 11.4 Å². The number of aromatic nitrogens is 2. The molecule has 1 heterocycles. The number of aryl methyl sites for hydroxylation is 1. The Kier molecular flexibility index (Phi) is 2.32. The predicted octanol–water partition coefficient (Wildman–Crippen LogP) is 1.58. The lowest BCUT2D eigenvalue weighted by atomic mass is 10.1. The maximum absolute atomic E-state index is 10.6. The van der Waals surface area contributed by atoms with E-state index in [-0.39, 0.29) is 5.69 Å². The number of hydrogen-bond acceptors (Lipinski definition) is 4. The van der Waals surface area contributed by atoms with Gasteiger partial charge in [-0.25, -0.2) is 0 Å². The van der Waals surface area contributed by atoms with Crippen LogP contribution >= 0.6 is 0 Å². The van der Waals surface area contributed by atoms with Gasteiger partial charge in [0.05, 0.1) is 22.5 Å². The van der Waals surface area contributed by atoms with Gasteiger partial charge < -0.3 is 5.73 Å². The van der Waals surface area contributed by atoms with Crippen molar-refractivity contribution in [2.75, 3.05) is 5.73 Å². The largest absolute Gasteiger partial charge is 0.396 e. The van der Waals surface area contributed by atoms with Crippen LogP contribution in [0.2, 0.25) is 0 Å². The molecule has 6 heteroatoms. The Morgan fingerprint density at radius 1 is 1.50 bits per heavy atom. The highest BCUT2D eigenvalue weighted by Crippen LogP contribution is 2.27. The first kappa shape index (κ1) is 10.2. The summed E-state index contributed by atoms with van der Waals surface area (Å²) < 4.78 is 1.59. The highest BCUT2D eigenvalue weighted by Gasteiger charge is 2.12. The van der Waals surface area contributed by atoms with E-state index < -0.39 is 4.92 Å². The van der Waals surface area contributed by atoms with E-state index in [1.807, 2.05) is 0 Å². The molecule has 1 aromatic heterocycles. The summed E-state index contributed by atoms with van der Waals surface area (Å²) in [4.78, 5) is 10.2. The number of nitrogens with two attached hydrogens (primary N) is 1. The van der Waals surface area contributed by atoms with Crippen LogP contribution in [0, 0.1) is 10.1 Å². The summed E-state index contributed by atoms with van der Waals surface area (Å²) >= 11 is 0. The number of anilines is 1. The van der Waals surface area contributed by atoms with E-state index in [4.69, 9.17) is 5.73 Å². The second-order valence-electron chi connectivity index (χ2n) is 3.38. The smallest absolute Gasteiger partial charge is 0.270 e. The van der Waals surface area contributed by atoms with Crippen molar-refractivity contribution in [1.29, 1.82) is 0 Å². The van der Waals surface area contributed by atoms with Gasteiger partial charge in [-0.1, -0.05) is 12.1 Å². The lowest BCUT2D eigenvalue weighted by molar-refractivity contribution is -0.384. The van der Waals surface area contributed by atoms with Crippen molar-refractivity contribution in [3.63, 3.8) is 0 Å². The molecule has 2 N–H and O–H groups in total. The number of nitro groups is 1. The van der Waals surface area contributed by atoms with Gasteiger partial charge in [-0.05, 0) is 0 Å². The molecule has 16 heavy (non-hydrogen) atoms. The van der Waals surface area contributed by atoms with Gasteiger partial charge in [0.25, 0.3) is 5.69 Å². The average Bonchev–Trinajstić information content (AvgIpc) is 2.59. The number of nitro benzene ring substituents is 1. The van der Waals surface area contributed by atoms with Gasteiger partial charge in [0.2, 0.25) is 0 Å². The summed E-state index contributed by atoms with van der Waals surface area (Å²) in [6.45, 7) is 0. The van der Waals surface area contributed by atoms with Gasteiger partial charge >= 0.3 is 0 Å². The van der Waals surface area contributed by atoms with Crippen LogP contribution in [0.5, 0.6) is 0 Å². The van der Waals surface area contributed by atoms with E-state index in [1.165, 1.54) is 18.3 Å². The Labute approximate surface area is 91.5 Å². The second-order valence-corrected chi connectivity index (χ2v) is 3.38. The summed E-state index contributed by atoms with van der Waals surface area (Å²) in [5.41, 5.74) is 7.66. The molecule has 0 saturated carbocycles. The topological polar surface area (TPSA) is 87.0 Å². The maximum Gasteiger partial charge on any atom is 0.270 e. The molecule has 0 unspecified atom stereocenters. The molecule has 0 fully saturated rings. The van der Waals surface area contributed by atoms with E-state index in [0.29, 0.717) is 16.9 Å². The SMILES string of the molecule is Cn1ncc(N)c1-c1cccc([N+](=O)[O-])c1. The van der Waals surface area contributed by atoms with Gasteiger partial charge in [0, 0.05) is 24.7 Å². The molecule has 82 valence electrons. The normalized spacial score (nSPS) is 10.3. The quantitative estimate of drug-likeness (QED) is 0.612. The van der Waals surface area contributed by atoms with Crippen molar-refractivity contribution in [3.05, 3.63) is 40.6 Å². The number of hydrogen-bond donors (Lipinski definition) is 1. The molecule has 0 bridgehead atoms. The van der Waals surface area contributed by atoms with Crippen molar-refractivity contribution in [3.8, 4) is 11.3 Å². The highest BCUT2D eigenvalue weighted by atomic mass is 16.6. The van der Waals surface area contributed by atoms with Crippen LogP contribution < -0.4 is 5.73 Å². The Morgan fingerprint density at radius 3 is 2.81 bits per heavy atom. The summed E-state index contributed by atoms with van der Waals surface area (Å²) in [6.07, 6.45) is 1.52. The fourth-order valence-electron chi connectivity index (χ4n) is 1.57. The van der Waals surface area contributed by atoms with Crippen LogP contribution in [0.4, 0.5) is 11.4 Å². The molecule has 6 nitrogen and oxygen atoms in total. The van der Waals surface area contributed by atoms with Crippen molar-refractivity contribution < 1.29 is 4.92 Å². The third-order valence-corrected chi connectivity index (χ3v) is 2.30. The lowest BCUT2D eigenvalue weighted by Gasteiger charge is -2.03. The van der Waals surface area contributed by atoms with Crippen LogP contribution in [-0.4, -0.2) is 14.7 Å². The molecule has 1 aromatic carbocycles. The molecule has 2 rings (SSSR count). The van der Waals surface area contributed by atoms with Crippen molar-refractivity contribution in [2.24, 2.45) is 7.05 Å². The first-order valence-corrected chi connectivity index (χ1v) is 4.62. The highest BCUT2D eigenvalue weighted by molar-refractivity contribution is 5.73. The summed E-state index contributed by atoms with van der Waals surface area (Å²) in [5.74, 6) is 0. The molecule has 0 radical (unpaired) electrons. The minimum Gasteiger partial charge on any atom is -0.396 e. The zero-order valence-corrected chi connectivity index (χ0v) is 8.62. The Hall–Kier alpha value is -2.37. The van der Waals surface area contributed by atoms with Gasteiger partial charge in [-0.15, -0.1) is 0 Å². The monoisotopic (exact) mass is 218 g/mol. The lowest BCUT2D eigenvalue weighted by Crippen LogP contribution is -1.96. The number of non-ortho nitro benzene ring substituents is 1. The molecule has 0 aliphatic rings. The zero-order chi connectivity index (χ0) is 11.7. The van der Waals surface area contributed by atoms with Crippen LogP contribution in [-0.2, 0) is 7.05 Å².